The van der Waals surface area contributed by atoms with Crippen molar-refractivity contribution in [2.75, 3.05) is 5.43 Å². The van der Waals surface area contributed by atoms with E-state index >= 15 is 0 Å². The lowest BCUT2D eigenvalue weighted by Gasteiger charge is -2.23. The molecule has 0 unspecified atom stereocenters. The lowest BCUT2D eigenvalue weighted by molar-refractivity contribution is -0.291. The number of alkyl halides is 8. The predicted molar refractivity (Wildman–Crippen MR) is 79.5 cm³/mol. The molecule has 26 heavy (non-hydrogen) atoms. The zero-order chi connectivity index (χ0) is 19.8. The molecule has 1 aromatic carbocycles. The first-order valence-corrected chi connectivity index (χ1v) is 7.58. The molecule has 2 aromatic rings. The van der Waals surface area contributed by atoms with Crippen LogP contribution in [0.1, 0.15) is 22.4 Å². The van der Waals surface area contributed by atoms with E-state index in [1.54, 1.807) is 12.3 Å². The van der Waals surface area contributed by atoms with Crippen LogP contribution >= 0.6 is 11.3 Å². The Labute approximate surface area is 145 Å². The number of rotatable bonds is 4. The fraction of sp³-hybridized carbons (Fsp3) is 0.286. The van der Waals surface area contributed by atoms with Gasteiger partial charge in [0.1, 0.15) is 0 Å². The topological polar surface area (TPSA) is 37.3 Å². The maximum Gasteiger partial charge on any atom is 0.458 e. The number of halogens is 8. The van der Waals surface area contributed by atoms with Gasteiger partial charge < -0.3 is 0 Å². The highest BCUT2D eigenvalue weighted by Crippen LogP contribution is 2.48. The number of thiazole rings is 1. The van der Waals surface area contributed by atoms with Crippen molar-refractivity contribution in [2.24, 2.45) is 5.10 Å². The number of hydrogen-bond acceptors (Lipinski definition) is 4. The van der Waals surface area contributed by atoms with Crippen LogP contribution in [0.2, 0.25) is 0 Å². The van der Waals surface area contributed by atoms with Gasteiger partial charge >= 0.3 is 18.3 Å². The second kappa shape index (κ2) is 6.82. The molecule has 0 saturated carbocycles. The van der Waals surface area contributed by atoms with Crippen molar-refractivity contribution in [3.63, 3.8) is 0 Å². The second-order valence-corrected chi connectivity index (χ2v) is 5.90. The molecule has 2 rings (SSSR count). The Morgan fingerprint density at radius 1 is 1.04 bits per heavy atom. The SMILES string of the molecule is Cc1csc(NN=Cc2ccc(C(F)(F)F)c(C(F)(F)C(F)(F)F)c2)n1. The average Bonchev–Trinajstić information content (AvgIpc) is 2.90. The third kappa shape index (κ3) is 4.29. The molecule has 12 heteroatoms. The number of aryl methyl sites for hydroxylation is 1. The molecule has 142 valence electrons. The maximum absolute atomic E-state index is 13.5. The van der Waals surface area contributed by atoms with E-state index in [1.807, 2.05) is 0 Å². The van der Waals surface area contributed by atoms with Crippen molar-refractivity contribution in [2.45, 2.75) is 25.2 Å². The van der Waals surface area contributed by atoms with Crippen molar-refractivity contribution >= 4 is 22.7 Å². The standard InChI is InChI=1S/C14H9F8N3S/c1-7-6-26-11(24-7)25-23-5-8-2-3-9(13(17,18)19)10(4-8)12(15,16)14(20,21)22/h2-6H,1H3,(H,24,25). The van der Waals surface area contributed by atoms with Crippen LogP contribution in [0.3, 0.4) is 0 Å². The van der Waals surface area contributed by atoms with Gasteiger partial charge in [-0.05, 0) is 24.6 Å². The van der Waals surface area contributed by atoms with E-state index in [2.05, 4.69) is 15.5 Å². The maximum atomic E-state index is 13.5. The van der Waals surface area contributed by atoms with Crippen molar-refractivity contribution in [1.82, 2.24) is 4.98 Å². The minimum Gasteiger partial charge on any atom is -0.253 e. The van der Waals surface area contributed by atoms with E-state index in [0.29, 0.717) is 10.8 Å². The van der Waals surface area contributed by atoms with Crippen LogP contribution in [0.15, 0.2) is 28.7 Å². The van der Waals surface area contributed by atoms with Crippen molar-refractivity contribution in [1.29, 1.82) is 0 Å². The second-order valence-electron chi connectivity index (χ2n) is 5.04. The minimum absolute atomic E-state index is 0.106. The van der Waals surface area contributed by atoms with Crippen molar-refractivity contribution in [3.8, 4) is 0 Å². The molecule has 1 N–H and O–H groups in total. The van der Waals surface area contributed by atoms with Gasteiger partial charge in [0, 0.05) is 10.9 Å². The van der Waals surface area contributed by atoms with Gasteiger partial charge in [-0.3, -0.25) is 5.43 Å². The molecule has 0 saturated heterocycles. The normalized spacial score (nSPS) is 13.4. The molecule has 0 aliphatic rings. The number of aromatic nitrogens is 1. The number of anilines is 1. The number of benzene rings is 1. The van der Waals surface area contributed by atoms with Crippen LogP contribution < -0.4 is 5.43 Å². The minimum atomic E-state index is -6.18. The van der Waals surface area contributed by atoms with Crippen LogP contribution in [-0.2, 0) is 12.1 Å². The Morgan fingerprint density at radius 3 is 2.19 bits per heavy atom. The van der Waals surface area contributed by atoms with E-state index in [1.165, 1.54) is 0 Å². The summed E-state index contributed by atoms with van der Waals surface area (Å²) in [6, 6.07) is 0.996. The zero-order valence-electron chi connectivity index (χ0n) is 12.7. The highest BCUT2D eigenvalue weighted by molar-refractivity contribution is 7.13. The fourth-order valence-electron chi connectivity index (χ4n) is 1.87. The summed E-state index contributed by atoms with van der Waals surface area (Å²) in [6.45, 7) is 1.69. The highest BCUT2D eigenvalue weighted by atomic mass is 32.1. The summed E-state index contributed by atoms with van der Waals surface area (Å²) < 4.78 is 103. The summed E-state index contributed by atoms with van der Waals surface area (Å²) in [6.07, 6.45) is -10.7. The summed E-state index contributed by atoms with van der Waals surface area (Å²) in [4.78, 5) is 3.95. The van der Waals surface area contributed by atoms with Gasteiger partial charge in [-0.15, -0.1) is 11.3 Å². The van der Waals surface area contributed by atoms with Gasteiger partial charge in [-0.1, -0.05) is 6.07 Å². The fourth-order valence-corrected chi connectivity index (χ4v) is 2.51. The van der Waals surface area contributed by atoms with Gasteiger partial charge in [0.05, 0.1) is 17.5 Å². The molecule has 0 amide bonds. The summed E-state index contributed by atoms with van der Waals surface area (Å²) in [5, 5.41) is 5.54. The van der Waals surface area contributed by atoms with Gasteiger partial charge in [0.2, 0.25) is 5.13 Å². The molecule has 0 fully saturated rings. The largest absolute Gasteiger partial charge is 0.458 e. The number of hydrazone groups is 1. The first-order valence-electron chi connectivity index (χ1n) is 6.70. The Balaban J connectivity index is 2.40. The lowest BCUT2D eigenvalue weighted by atomic mass is 9.98. The van der Waals surface area contributed by atoms with Crippen LogP contribution in [0.25, 0.3) is 0 Å². The van der Waals surface area contributed by atoms with Crippen LogP contribution in [0.5, 0.6) is 0 Å². The third-order valence-electron chi connectivity index (χ3n) is 3.04. The van der Waals surface area contributed by atoms with Gasteiger partial charge in [-0.2, -0.15) is 40.2 Å². The molecule has 0 aliphatic heterocycles. The first-order chi connectivity index (χ1) is 11.8. The van der Waals surface area contributed by atoms with E-state index < -0.39 is 29.4 Å². The molecule has 0 aliphatic carbocycles. The van der Waals surface area contributed by atoms with E-state index in [9.17, 15) is 35.1 Å². The molecule has 0 atom stereocenters. The van der Waals surface area contributed by atoms with Crippen LogP contribution in [0.4, 0.5) is 40.3 Å². The Kier molecular flexibility index (Phi) is 5.26. The first kappa shape index (κ1) is 20.1. The highest BCUT2D eigenvalue weighted by Gasteiger charge is 2.61. The zero-order valence-corrected chi connectivity index (χ0v) is 13.5. The molecule has 0 radical (unpaired) electrons. The molecule has 0 spiro atoms. The summed E-state index contributed by atoms with van der Waals surface area (Å²) in [5.74, 6) is -5.68. The molecule has 1 aromatic heterocycles. The van der Waals surface area contributed by atoms with Gasteiger partial charge in [0.25, 0.3) is 0 Å². The third-order valence-corrected chi connectivity index (χ3v) is 3.90. The van der Waals surface area contributed by atoms with Gasteiger partial charge in [-0.25, -0.2) is 4.98 Å². The molecule has 3 nitrogen and oxygen atoms in total. The summed E-state index contributed by atoms with van der Waals surface area (Å²) >= 11 is 1.15. The van der Waals surface area contributed by atoms with Crippen LogP contribution in [-0.4, -0.2) is 17.4 Å². The van der Waals surface area contributed by atoms with Gasteiger partial charge in [0.15, 0.2) is 0 Å². The van der Waals surface area contributed by atoms with E-state index in [-0.39, 0.29) is 17.7 Å². The smallest absolute Gasteiger partial charge is 0.253 e. The summed E-state index contributed by atoms with van der Waals surface area (Å²) in [7, 11) is 0. The van der Waals surface area contributed by atoms with Crippen molar-refractivity contribution < 1.29 is 35.1 Å². The van der Waals surface area contributed by atoms with Crippen molar-refractivity contribution in [3.05, 3.63) is 46.0 Å². The molecule has 0 bridgehead atoms. The van der Waals surface area contributed by atoms with E-state index in [0.717, 1.165) is 23.6 Å². The number of nitrogens with zero attached hydrogens (tertiary/aromatic N) is 2. The molecule has 1 heterocycles. The number of hydrogen-bond donors (Lipinski definition) is 1. The Hall–Kier alpha value is -2.24. The van der Waals surface area contributed by atoms with Crippen LogP contribution in [0, 0.1) is 6.92 Å². The molecular formula is C14H9F8N3S. The monoisotopic (exact) mass is 403 g/mol. The van der Waals surface area contributed by atoms with E-state index in [4.69, 9.17) is 0 Å². The molecular weight excluding hydrogens is 394 g/mol. The summed E-state index contributed by atoms with van der Waals surface area (Å²) in [5.41, 5.74) is -1.58. The predicted octanol–water partition coefficient (Wildman–Crippen LogP) is 5.57. The number of nitrogens with one attached hydrogen (secondary N) is 1. The lowest BCUT2D eigenvalue weighted by Crippen LogP contribution is -2.35. The average molecular weight is 403 g/mol. The quantitative estimate of drug-likeness (QED) is 0.412. The Morgan fingerprint density at radius 2 is 1.69 bits per heavy atom. The Bertz CT molecular complexity index is 807.